The minimum absolute atomic E-state index is 0.170. The van der Waals surface area contributed by atoms with Gasteiger partial charge in [-0.3, -0.25) is 0 Å². The van der Waals surface area contributed by atoms with E-state index in [1.54, 1.807) is 14.2 Å². The lowest BCUT2D eigenvalue weighted by Crippen LogP contribution is -2.04. The van der Waals surface area contributed by atoms with Crippen molar-refractivity contribution in [3.63, 3.8) is 0 Å². The summed E-state index contributed by atoms with van der Waals surface area (Å²) >= 11 is 0. The van der Waals surface area contributed by atoms with Gasteiger partial charge in [-0.25, -0.2) is 4.68 Å². The van der Waals surface area contributed by atoms with Crippen LogP contribution in [0.25, 0.3) is 16.9 Å². The predicted molar refractivity (Wildman–Crippen MR) is 116 cm³/mol. The second-order valence-corrected chi connectivity index (χ2v) is 6.89. The Morgan fingerprint density at radius 1 is 0.793 bits per heavy atom. The lowest BCUT2D eigenvalue weighted by Gasteiger charge is -2.20. The first kappa shape index (κ1) is 18.8. The number of para-hydroxylation sites is 1. The van der Waals surface area contributed by atoms with Crippen molar-refractivity contribution in [2.24, 2.45) is 0 Å². The van der Waals surface area contributed by atoms with E-state index in [9.17, 15) is 0 Å². The zero-order chi connectivity index (χ0) is 20.2. The molecule has 3 aromatic carbocycles. The molecule has 1 unspecified atom stereocenters. The van der Waals surface area contributed by atoms with Crippen LogP contribution >= 0.6 is 0 Å². The van der Waals surface area contributed by atoms with Crippen molar-refractivity contribution in [3.8, 4) is 28.4 Å². The molecule has 0 aliphatic rings. The van der Waals surface area contributed by atoms with E-state index < -0.39 is 0 Å². The molecule has 1 heterocycles. The molecule has 1 atom stereocenters. The van der Waals surface area contributed by atoms with E-state index in [1.165, 1.54) is 5.56 Å². The largest absolute Gasteiger partial charge is 0.496 e. The SMILES string of the molecule is COc1cc(OC)c(C(C)c2ccccc2)cc1-c1ccnn1-c1ccccc1. The summed E-state index contributed by atoms with van der Waals surface area (Å²) < 4.78 is 13.4. The number of nitrogens with zero attached hydrogens (tertiary/aromatic N) is 2. The summed E-state index contributed by atoms with van der Waals surface area (Å²) in [6.07, 6.45) is 1.81. The van der Waals surface area contributed by atoms with Gasteiger partial charge in [0.05, 0.1) is 31.8 Å². The number of hydrogen-bond donors (Lipinski definition) is 0. The number of methoxy groups -OCH3 is 2. The molecule has 4 aromatic rings. The van der Waals surface area contributed by atoms with Gasteiger partial charge >= 0.3 is 0 Å². The second-order valence-electron chi connectivity index (χ2n) is 6.89. The van der Waals surface area contributed by atoms with Crippen LogP contribution in [0.4, 0.5) is 0 Å². The summed E-state index contributed by atoms with van der Waals surface area (Å²) in [6, 6.07) is 26.7. The molecule has 0 aliphatic carbocycles. The molecule has 4 rings (SSSR count). The summed E-state index contributed by atoms with van der Waals surface area (Å²) in [7, 11) is 3.38. The third kappa shape index (κ3) is 3.61. The highest BCUT2D eigenvalue weighted by Crippen LogP contribution is 2.41. The molecule has 0 N–H and O–H groups in total. The van der Waals surface area contributed by atoms with Crippen LogP contribution in [0.5, 0.6) is 11.5 Å². The monoisotopic (exact) mass is 384 g/mol. The zero-order valence-electron chi connectivity index (χ0n) is 16.9. The van der Waals surface area contributed by atoms with Gasteiger partial charge in [0.15, 0.2) is 0 Å². The normalized spacial score (nSPS) is 11.8. The van der Waals surface area contributed by atoms with Gasteiger partial charge in [0, 0.05) is 23.1 Å². The first-order valence-electron chi connectivity index (χ1n) is 9.63. The van der Waals surface area contributed by atoms with Crippen molar-refractivity contribution in [3.05, 3.63) is 96.2 Å². The molecular weight excluding hydrogens is 360 g/mol. The highest BCUT2D eigenvalue weighted by Gasteiger charge is 2.20. The van der Waals surface area contributed by atoms with Crippen molar-refractivity contribution in [2.45, 2.75) is 12.8 Å². The fraction of sp³-hybridized carbons (Fsp3) is 0.160. The van der Waals surface area contributed by atoms with Crippen molar-refractivity contribution >= 4 is 0 Å². The molecule has 0 saturated heterocycles. The van der Waals surface area contributed by atoms with E-state index in [0.717, 1.165) is 34.0 Å². The van der Waals surface area contributed by atoms with E-state index in [2.05, 4.69) is 42.4 Å². The minimum atomic E-state index is 0.170. The average molecular weight is 384 g/mol. The number of benzene rings is 3. The van der Waals surface area contributed by atoms with Crippen molar-refractivity contribution in [2.75, 3.05) is 14.2 Å². The molecule has 0 fully saturated rings. The summed E-state index contributed by atoms with van der Waals surface area (Å²) in [5.74, 6) is 1.74. The van der Waals surface area contributed by atoms with Gasteiger partial charge in [-0.05, 0) is 29.8 Å². The summed E-state index contributed by atoms with van der Waals surface area (Å²) in [5, 5.41) is 4.54. The van der Waals surface area contributed by atoms with E-state index in [-0.39, 0.29) is 5.92 Å². The number of aromatic nitrogens is 2. The van der Waals surface area contributed by atoms with E-state index in [4.69, 9.17) is 9.47 Å². The highest BCUT2D eigenvalue weighted by molar-refractivity contribution is 5.72. The van der Waals surface area contributed by atoms with Crippen LogP contribution in [0.2, 0.25) is 0 Å². The van der Waals surface area contributed by atoms with Crippen LogP contribution in [0.1, 0.15) is 24.0 Å². The maximum atomic E-state index is 5.72. The number of hydrogen-bond acceptors (Lipinski definition) is 3. The zero-order valence-corrected chi connectivity index (χ0v) is 16.9. The van der Waals surface area contributed by atoms with Crippen LogP contribution in [0, 0.1) is 0 Å². The Morgan fingerprint density at radius 2 is 1.45 bits per heavy atom. The molecule has 0 bridgehead atoms. The quantitative estimate of drug-likeness (QED) is 0.427. The van der Waals surface area contributed by atoms with E-state index in [0.29, 0.717) is 0 Å². The first-order chi connectivity index (χ1) is 14.2. The molecule has 1 aromatic heterocycles. The van der Waals surface area contributed by atoms with Gasteiger partial charge in [-0.15, -0.1) is 0 Å². The van der Waals surface area contributed by atoms with Crippen LogP contribution < -0.4 is 9.47 Å². The average Bonchev–Trinajstić information content (AvgIpc) is 3.28. The molecule has 4 nitrogen and oxygen atoms in total. The lowest BCUT2D eigenvalue weighted by atomic mass is 9.90. The smallest absolute Gasteiger partial charge is 0.131 e. The lowest BCUT2D eigenvalue weighted by molar-refractivity contribution is 0.391. The van der Waals surface area contributed by atoms with Crippen LogP contribution in [0.15, 0.2) is 85.1 Å². The molecule has 146 valence electrons. The predicted octanol–water partition coefficient (Wildman–Crippen LogP) is 5.71. The Bertz CT molecular complexity index is 1090. The highest BCUT2D eigenvalue weighted by atomic mass is 16.5. The van der Waals surface area contributed by atoms with Gasteiger partial charge in [0.1, 0.15) is 11.5 Å². The molecule has 29 heavy (non-hydrogen) atoms. The van der Waals surface area contributed by atoms with Gasteiger partial charge in [0.2, 0.25) is 0 Å². The van der Waals surface area contributed by atoms with Gasteiger partial charge in [-0.2, -0.15) is 5.10 Å². The second kappa shape index (κ2) is 8.23. The summed E-state index contributed by atoms with van der Waals surface area (Å²) in [6.45, 7) is 2.19. The number of ether oxygens (including phenoxy) is 2. The van der Waals surface area contributed by atoms with Crippen LogP contribution in [0.3, 0.4) is 0 Å². The molecule has 4 heteroatoms. The Hall–Kier alpha value is -3.53. The summed E-state index contributed by atoms with van der Waals surface area (Å²) in [5.41, 5.74) is 5.29. The topological polar surface area (TPSA) is 36.3 Å². The molecule has 0 spiro atoms. The third-order valence-corrected chi connectivity index (χ3v) is 5.24. The van der Waals surface area contributed by atoms with Crippen LogP contribution in [-0.2, 0) is 0 Å². The summed E-state index contributed by atoms with van der Waals surface area (Å²) in [4.78, 5) is 0. The Balaban J connectivity index is 1.88. The van der Waals surface area contributed by atoms with Gasteiger partial charge < -0.3 is 9.47 Å². The standard InChI is InChI=1S/C25H24N2O2/c1-18(19-10-6-4-7-11-19)21-16-22(25(29-3)17-24(21)28-2)23-14-15-26-27(23)20-12-8-5-9-13-20/h4-18H,1-3H3. The molecule has 0 amide bonds. The Morgan fingerprint density at radius 3 is 2.10 bits per heavy atom. The van der Waals surface area contributed by atoms with E-state index in [1.807, 2.05) is 59.4 Å². The maximum absolute atomic E-state index is 5.72. The molecule has 0 radical (unpaired) electrons. The fourth-order valence-corrected chi connectivity index (χ4v) is 3.67. The third-order valence-electron chi connectivity index (χ3n) is 5.24. The Kier molecular flexibility index (Phi) is 5.34. The molecule has 0 saturated carbocycles. The molecule has 0 aliphatic heterocycles. The van der Waals surface area contributed by atoms with E-state index >= 15 is 0 Å². The fourth-order valence-electron chi connectivity index (χ4n) is 3.67. The van der Waals surface area contributed by atoms with Gasteiger partial charge in [-0.1, -0.05) is 55.5 Å². The molecular formula is C25H24N2O2. The van der Waals surface area contributed by atoms with Crippen molar-refractivity contribution in [1.29, 1.82) is 0 Å². The van der Waals surface area contributed by atoms with Crippen molar-refractivity contribution in [1.82, 2.24) is 9.78 Å². The minimum Gasteiger partial charge on any atom is -0.496 e. The van der Waals surface area contributed by atoms with Gasteiger partial charge in [0.25, 0.3) is 0 Å². The van der Waals surface area contributed by atoms with Crippen molar-refractivity contribution < 1.29 is 9.47 Å². The van der Waals surface area contributed by atoms with Crippen LogP contribution in [-0.4, -0.2) is 24.0 Å². The number of rotatable bonds is 6. The first-order valence-corrected chi connectivity index (χ1v) is 9.63. The Labute approximate surface area is 171 Å². The maximum Gasteiger partial charge on any atom is 0.131 e.